The lowest BCUT2D eigenvalue weighted by molar-refractivity contribution is -0.00604. The molecule has 15 heavy (non-hydrogen) atoms. The minimum absolute atomic E-state index is 0.355. The van der Waals surface area contributed by atoms with E-state index in [-0.39, 0.29) is 5.54 Å². The molecule has 3 heteroatoms. The Hall–Kier alpha value is -0.800. The molecule has 1 aromatic rings. The van der Waals surface area contributed by atoms with E-state index in [1.54, 1.807) is 20.1 Å². The van der Waals surface area contributed by atoms with Crippen LogP contribution in [-0.4, -0.2) is 16.2 Å². The van der Waals surface area contributed by atoms with E-state index in [1.165, 1.54) is 0 Å². The average Bonchev–Trinajstić information content (AvgIpc) is 2.46. The van der Waals surface area contributed by atoms with Crippen LogP contribution in [0, 0.1) is 6.92 Å². The normalized spacial score (nSPS) is 13.2. The highest BCUT2D eigenvalue weighted by molar-refractivity contribution is 5.14. The highest BCUT2D eigenvalue weighted by atomic mass is 16.3. The molecule has 0 spiro atoms. The van der Waals surface area contributed by atoms with Gasteiger partial charge in [-0.1, -0.05) is 0 Å². The van der Waals surface area contributed by atoms with E-state index in [9.17, 15) is 5.11 Å². The molecule has 1 heterocycles. The van der Waals surface area contributed by atoms with Gasteiger partial charge in [0, 0.05) is 5.54 Å². The molecular formula is C12H21NO2. The Morgan fingerprint density at radius 1 is 1.33 bits per heavy atom. The van der Waals surface area contributed by atoms with Crippen LogP contribution < -0.4 is 5.32 Å². The van der Waals surface area contributed by atoms with Crippen molar-refractivity contribution >= 4 is 0 Å². The van der Waals surface area contributed by atoms with Gasteiger partial charge in [-0.15, -0.1) is 0 Å². The number of nitrogens with one attached hydrogen (secondary N) is 1. The number of hydrogen-bond donors (Lipinski definition) is 2. The van der Waals surface area contributed by atoms with Gasteiger partial charge < -0.3 is 14.8 Å². The molecule has 0 aliphatic heterocycles. The highest BCUT2D eigenvalue weighted by Gasteiger charge is 2.34. The molecule has 1 aromatic heterocycles. The second-order valence-electron chi connectivity index (χ2n) is 5.06. The van der Waals surface area contributed by atoms with Crippen molar-refractivity contribution < 1.29 is 9.52 Å². The molecule has 0 saturated carbocycles. The van der Waals surface area contributed by atoms with Gasteiger partial charge in [-0.25, -0.2) is 0 Å². The molecule has 86 valence electrons. The van der Waals surface area contributed by atoms with Gasteiger partial charge in [0.2, 0.25) is 0 Å². The topological polar surface area (TPSA) is 45.4 Å². The predicted octanol–water partition coefficient (Wildman–Crippen LogP) is 2.23. The maximum Gasteiger partial charge on any atom is 0.120 e. The van der Waals surface area contributed by atoms with E-state index in [2.05, 4.69) is 5.32 Å². The second kappa shape index (κ2) is 3.99. The summed E-state index contributed by atoms with van der Waals surface area (Å²) < 4.78 is 5.33. The molecule has 0 aromatic carbocycles. The molecule has 0 atom stereocenters. The summed E-state index contributed by atoms with van der Waals surface area (Å²) >= 11 is 0. The first-order valence-corrected chi connectivity index (χ1v) is 5.24. The molecule has 0 bridgehead atoms. The van der Waals surface area contributed by atoms with Crippen LogP contribution in [0.25, 0.3) is 0 Å². The Morgan fingerprint density at radius 2 is 1.93 bits per heavy atom. The largest absolute Gasteiger partial charge is 0.468 e. The lowest BCUT2D eigenvalue weighted by Crippen LogP contribution is -2.55. The van der Waals surface area contributed by atoms with Crippen molar-refractivity contribution in [2.75, 3.05) is 0 Å². The summed E-state index contributed by atoms with van der Waals surface area (Å²) in [5, 5.41) is 13.2. The first kappa shape index (κ1) is 12.3. The van der Waals surface area contributed by atoms with Crippen molar-refractivity contribution in [3.63, 3.8) is 0 Å². The standard InChI is InChI=1S/C12H21NO2/c1-9-6-7-15-10(9)8-13-11(2,3)12(4,5)14/h6-7,13-14H,8H2,1-5H3. The van der Waals surface area contributed by atoms with Crippen LogP contribution in [0.3, 0.4) is 0 Å². The lowest BCUT2D eigenvalue weighted by Gasteiger charge is -2.38. The zero-order valence-corrected chi connectivity index (χ0v) is 10.2. The van der Waals surface area contributed by atoms with E-state index in [0.717, 1.165) is 11.3 Å². The monoisotopic (exact) mass is 211 g/mol. The molecule has 0 saturated heterocycles. The Balaban J connectivity index is 2.61. The summed E-state index contributed by atoms with van der Waals surface area (Å²) in [7, 11) is 0. The number of aryl methyl sites for hydroxylation is 1. The maximum atomic E-state index is 9.95. The predicted molar refractivity (Wildman–Crippen MR) is 60.7 cm³/mol. The number of aliphatic hydroxyl groups is 1. The van der Waals surface area contributed by atoms with Gasteiger partial charge in [0.25, 0.3) is 0 Å². The van der Waals surface area contributed by atoms with Gasteiger partial charge in [-0.3, -0.25) is 0 Å². The maximum absolute atomic E-state index is 9.95. The Bertz CT molecular complexity index is 321. The molecule has 0 unspecified atom stereocenters. The van der Waals surface area contributed by atoms with Gasteiger partial charge in [-0.05, 0) is 46.2 Å². The smallest absolute Gasteiger partial charge is 0.120 e. The summed E-state index contributed by atoms with van der Waals surface area (Å²) in [6.07, 6.45) is 1.68. The van der Waals surface area contributed by atoms with E-state index < -0.39 is 5.60 Å². The summed E-state index contributed by atoms with van der Waals surface area (Å²) in [6, 6.07) is 1.94. The molecule has 0 fully saturated rings. The first-order chi connectivity index (χ1) is 6.74. The molecule has 0 aliphatic rings. The van der Waals surface area contributed by atoms with Crippen LogP contribution in [-0.2, 0) is 6.54 Å². The van der Waals surface area contributed by atoms with Crippen LogP contribution in [0.15, 0.2) is 16.7 Å². The van der Waals surface area contributed by atoms with E-state index in [4.69, 9.17) is 4.42 Å². The third-order valence-electron chi connectivity index (χ3n) is 3.19. The fourth-order valence-electron chi connectivity index (χ4n) is 1.10. The molecule has 2 N–H and O–H groups in total. The van der Waals surface area contributed by atoms with Crippen molar-refractivity contribution in [2.45, 2.75) is 52.3 Å². The molecule has 1 rings (SSSR count). The fraction of sp³-hybridized carbons (Fsp3) is 0.667. The third-order valence-corrected chi connectivity index (χ3v) is 3.19. The second-order valence-corrected chi connectivity index (χ2v) is 5.06. The van der Waals surface area contributed by atoms with Gasteiger partial charge in [0.15, 0.2) is 0 Å². The zero-order chi connectivity index (χ0) is 11.7. The Labute approximate surface area is 91.5 Å². The van der Waals surface area contributed by atoms with Crippen molar-refractivity contribution in [1.82, 2.24) is 5.32 Å². The van der Waals surface area contributed by atoms with Crippen molar-refractivity contribution in [3.8, 4) is 0 Å². The van der Waals surface area contributed by atoms with Gasteiger partial charge in [0.05, 0.1) is 18.4 Å². The van der Waals surface area contributed by atoms with E-state index in [1.807, 2.05) is 26.8 Å². The molecular weight excluding hydrogens is 190 g/mol. The fourth-order valence-corrected chi connectivity index (χ4v) is 1.10. The van der Waals surface area contributed by atoms with Crippen LogP contribution in [0.2, 0.25) is 0 Å². The summed E-state index contributed by atoms with van der Waals surface area (Å²) in [5.74, 6) is 0.923. The minimum atomic E-state index is -0.770. The number of hydrogen-bond acceptors (Lipinski definition) is 3. The molecule has 0 amide bonds. The highest BCUT2D eigenvalue weighted by Crippen LogP contribution is 2.21. The minimum Gasteiger partial charge on any atom is -0.468 e. The quantitative estimate of drug-likeness (QED) is 0.802. The third kappa shape index (κ3) is 2.83. The average molecular weight is 211 g/mol. The van der Waals surface area contributed by atoms with Crippen LogP contribution in [0.1, 0.15) is 39.0 Å². The summed E-state index contributed by atoms with van der Waals surface area (Å²) in [5.41, 5.74) is 0.00811. The Kier molecular flexibility index (Phi) is 3.26. The van der Waals surface area contributed by atoms with Crippen molar-refractivity contribution in [2.24, 2.45) is 0 Å². The van der Waals surface area contributed by atoms with Gasteiger partial charge in [0.1, 0.15) is 5.76 Å². The Morgan fingerprint density at radius 3 is 2.33 bits per heavy atom. The number of furan rings is 1. The van der Waals surface area contributed by atoms with Crippen LogP contribution in [0.5, 0.6) is 0 Å². The number of rotatable bonds is 4. The van der Waals surface area contributed by atoms with E-state index in [0.29, 0.717) is 6.54 Å². The van der Waals surface area contributed by atoms with Crippen LogP contribution >= 0.6 is 0 Å². The molecule has 0 aliphatic carbocycles. The summed E-state index contributed by atoms with van der Waals surface area (Å²) in [4.78, 5) is 0. The van der Waals surface area contributed by atoms with Crippen LogP contribution in [0.4, 0.5) is 0 Å². The molecule has 0 radical (unpaired) electrons. The van der Waals surface area contributed by atoms with Gasteiger partial charge >= 0.3 is 0 Å². The summed E-state index contributed by atoms with van der Waals surface area (Å²) in [6.45, 7) is 10.2. The van der Waals surface area contributed by atoms with Gasteiger partial charge in [-0.2, -0.15) is 0 Å². The zero-order valence-electron chi connectivity index (χ0n) is 10.2. The first-order valence-electron chi connectivity index (χ1n) is 5.24. The van der Waals surface area contributed by atoms with E-state index >= 15 is 0 Å². The van der Waals surface area contributed by atoms with Crippen molar-refractivity contribution in [3.05, 3.63) is 23.7 Å². The lowest BCUT2D eigenvalue weighted by atomic mass is 9.86. The van der Waals surface area contributed by atoms with Crippen molar-refractivity contribution in [1.29, 1.82) is 0 Å². The SMILES string of the molecule is Cc1ccoc1CNC(C)(C)C(C)(C)O. The molecule has 3 nitrogen and oxygen atoms in total.